The normalized spacial score (nSPS) is 10.5. The van der Waals surface area contributed by atoms with Crippen LogP contribution in [-0.2, 0) is 6.54 Å². The molecule has 0 radical (unpaired) electrons. The molecule has 0 unspecified atom stereocenters. The maximum absolute atomic E-state index is 12.3. The minimum absolute atomic E-state index is 0.189. The number of hydrogen-bond donors (Lipinski definition) is 1. The lowest BCUT2D eigenvalue weighted by Crippen LogP contribution is -2.17. The zero-order valence-corrected chi connectivity index (χ0v) is 13.4. The van der Waals surface area contributed by atoms with Gasteiger partial charge in [0.05, 0.1) is 16.4 Å². The number of nitrogens with zero attached hydrogens (tertiary/aromatic N) is 3. The smallest absolute Gasteiger partial charge is 0.273 e. The number of carbonyl (C=O) groups excluding carboxylic acids is 1. The molecule has 1 aromatic carbocycles. The first-order chi connectivity index (χ1) is 9.92. The Hall–Kier alpha value is -2.01. The Balaban J connectivity index is 2.21. The minimum Gasteiger partial charge on any atom is -0.376 e. The second-order valence-electron chi connectivity index (χ2n) is 5.00. The van der Waals surface area contributed by atoms with Crippen LogP contribution in [0.5, 0.6) is 0 Å². The Labute approximate surface area is 129 Å². The monoisotopic (exact) mass is 306 g/mol. The first-order valence-electron chi connectivity index (χ1n) is 6.75. The largest absolute Gasteiger partial charge is 0.376 e. The van der Waals surface area contributed by atoms with Gasteiger partial charge in [0.15, 0.2) is 0 Å². The zero-order chi connectivity index (χ0) is 15.6. The maximum atomic E-state index is 12.3. The van der Waals surface area contributed by atoms with Crippen LogP contribution in [0.15, 0.2) is 24.3 Å². The van der Waals surface area contributed by atoms with Crippen LogP contribution in [0.2, 0.25) is 5.02 Å². The van der Waals surface area contributed by atoms with Crippen molar-refractivity contribution in [2.45, 2.75) is 20.4 Å². The highest BCUT2D eigenvalue weighted by atomic mass is 35.5. The fourth-order valence-corrected chi connectivity index (χ4v) is 2.46. The van der Waals surface area contributed by atoms with E-state index in [0.717, 1.165) is 11.4 Å². The number of anilines is 2. The molecular weight excluding hydrogens is 288 g/mol. The van der Waals surface area contributed by atoms with Gasteiger partial charge in [-0.3, -0.25) is 9.48 Å². The summed E-state index contributed by atoms with van der Waals surface area (Å²) in [5, 5.41) is 7.72. The second kappa shape index (κ2) is 6.18. The van der Waals surface area contributed by atoms with E-state index in [1.54, 1.807) is 16.8 Å². The Kier molecular flexibility index (Phi) is 4.53. The van der Waals surface area contributed by atoms with Crippen molar-refractivity contribution in [2.24, 2.45) is 0 Å². The van der Waals surface area contributed by atoms with E-state index in [4.69, 9.17) is 11.6 Å². The molecule has 0 spiro atoms. The van der Waals surface area contributed by atoms with Gasteiger partial charge >= 0.3 is 0 Å². The number of aryl methyl sites for hydroxylation is 2. The predicted octanol–water partition coefficient (Wildman–Crippen LogP) is 3.18. The summed E-state index contributed by atoms with van der Waals surface area (Å²) in [4.78, 5) is 14.2. The summed E-state index contributed by atoms with van der Waals surface area (Å²) in [5.41, 5.74) is 2.94. The average molecular weight is 307 g/mol. The van der Waals surface area contributed by atoms with Gasteiger partial charge < -0.3 is 10.2 Å². The number of benzene rings is 1. The molecule has 6 heteroatoms. The van der Waals surface area contributed by atoms with Crippen molar-refractivity contribution in [1.29, 1.82) is 0 Å². The van der Waals surface area contributed by atoms with Crippen molar-refractivity contribution < 1.29 is 4.79 Å². The molecular formula is C15H19ClN4O. The Bertz CT molecular complexity index is 664. The molecule has 0 saturated heterocycles. The molecule has 0 aliphatic rings. The van der Waals surface area contributed by atoms with Crippen molar-refractivity contribution in [1.82, 2.24) is 9.78 Å². The highest BCUT2D eigenvalue weighted by Crippen LogP contribution is 2.27. The molecule has 1 amide bonds. The number of hydrogen-bond acceptors (Lipinski definition) is 3. The lowest BCUT2D eigenvalue weighted by Gasteiger charge is -2.15. The highest BCUT2D eigenvalue weighted by molar-refractivity contribution is 6.33. The molecule has 21 heavy (non-hydrogen) atoms. The lowest BCUT2D eigenvalue weighted by molar-refractivity contribution is 0.101. The van der Waals surface area contributed by atoms with Crippen LogP contribution in [0.4, 0.5) is 11.4 Å². The standard InChI is InChI=1S/C15H19ClN4O/c1-5-20-14(8-10(2)18-20)15(21)17-11-6-7-13(19(3)4)12(16)9-11/h6-9H,5H2,1-4H3,(H,17,21). The van der Waals surface area contributed by atoms with Crippen molar-refractivity contribution >= 4 is 28.9 Å². The van der Waals surface area contributed by atoms with Crippen molar-refractivity contribution in [3.8, 4) is 0 Å². The summed E-state index contributed by atoms with van der Waals surface area (Å²) in [6.07, 6.45) is 0. The minimum atomic E-state index is -0.189. The van der Waals surface area contributed by atoms with Crippen molar-refractivity contribution in [3.05, 3.63) is 40.7 Å². The summed E-state index contributed by atoms with van der Waals surface area (Å²) in [6.45, 7) is 4.47. The van der Waals surface area contributed by atoms with Gasteiger partial charge in [-0.05, 0) is 38.1 Å². The van der Waals surface area contributed by atoms with Gasteiger partial charge in [0.25, 0.3) is 5.91 Å². The van der Waals surface area contributed by atoms with Crippen LogP contribution >= 0.6 is 11.6 Å². The number of aromatic nitrogens is 2. The van der Waals surface area contributed by atoms with Gasteiger partial charge in [-0.15, -0.1) is 0 Å². The van der Waals surface area contributed by atoms with Gasteiger partial charge in [0, 0.05) is 26.3 Å². The van der Waals surface area contributed by atoms with Gasteiger partial charge in [-0.1, -0.05) is 11.6 Å². The first kappa shape index (κ1) is 15.4. The summed E-state index contributed by atoms with van der Waals surface area (Å²) >= 11 is 6.21. The lowest BCUT2D eigenvalue weighted by atomic mass is 10.2. The molecule has 0 fully saturated rings. The van der Waals surface area contributed by atoms with Crippen LogP contribution in [0.3, 0.4) is 0 Å². The average Bonchev–Trinajstić information content (AvgIpc) is 2.79. The molecule has 2 aromatic rings. The third-order valence-electron chi connectivity index (χ3n) is 3.12. The van der Waals surface area contributed by atoms with Crippen LogP contribution in [0.25, 0.3) is 0 Å². The van der Waals surface area contributed by atoms with Gasteiger partial charge in [-0.25, -0.2) is 0 Å². The quantitative estimate of drug-likeness (QED) is 0.944. The molecule has 112 valence electrons. The second-order valence-corrected chi connectivity index (χ2v) is 5.41. The maximum Gasteiger partial charge on any atom is 0.273 e. The van der Waals surface area contributed by atoms with Gasteiger partial charge in [0.2, 0.25) is 0 Å². The third-order valence-corrected chi connectivity index (χ3v) is 3.42. The Morgan fingerprint density at radius 1 is 1.38 bits per heavy atom. The van der Waals surface area contributed by atoms with Crippen LogP contribution < -0.4 is 10.2 Å². The molecule has 1 heterocycles. The number of nitrogens with one attached hydrogen (secondary N) is 1. The van der Waals surface area contributed by atoms with E-state index in [-0.39, 0.29) is 5.91 Å². The van der Waals surface area contributed by atoms with Crippen LogP contribution in [-0.4, -0.2) is 29.8 Å². The summed E-state index contributed by atoms with van der Waals surface area (Å²) in [6, 6.07) is 7.22. The molecule has 0 aliphatic carbocycles. The number of halogens is 1. The van der Waals surface area contributed by atoms with E-state index in [1.165, 1.54) is 0 Å². The summed E-state index contributed by atoms with van der Waals surface area (Å²) in [5.74, 6) is -0.189. The van der Waals surface area contributed by atoms with E-state index in [0.29, 0.717) is 22.9 Å². The van der Waals surface area contributed by atoms with Crippen molar-refractivity contribution in [3.63, 3.8) is 0 Å². The molecule has 0 bridgehead atoms. The molecule has 1 N–H and O–H groups in total. The third kappa shape index (κ3) is 3.36. The Morgan fingerprint density at radius 2 is 2.10 bits per heavy atom. The molecule has 2 rings (SSSR count). The zero-order valence-electron chi connectivity index (χ0n) is 12.6. The summed E-state index contributed by atoms with van der Waals surface area (Å²) < 4.78 is 1.68. The molecule has 0 atom stereocenters. The Morgan fingerprint density at radius 3 is 2.67 bits per heavy atom. The number of carbonyl (C=O) groups is 1. The SMILES string of the molecule is CCn1nc(C)cc1C(=O)Nc1ccc(N(C)C)c(Cl)c1. The number of rotatable bonds is 4. The molecule has 1 aromatic heterocycles. The van der Waals surface area contributed by atoms with Crippen LogP contribution in [0.1, 0.15) is 23.1 Å². The van der Waals surface area contributed by atoms with E-state index >= 15 is 0 Å². The summed E-state index contributed by atoms with van der Waals surface area (Å²) in [7, 11) is 3.84. The highest BCUT2D eigenvalue weighted by Gasteiger charge is 2.14. The van der Waals surface area contributed by atoms with E-state index in [9.17, 15) is 4.79 Å². The number of amides is 1. The fourth-order valence-electron chi connectivity index (χ4n) is 2.11. The predicted molar refractivity (Wildman–Crippen MR) is 86.4 cm³/mol. The van der Waals surface area contributed by atoms with Crippen LogP contribution in [0, 0.1) is 6.92 Å². The molecule has 0 saturated carbocycles. The van der Waals surface area contributed by atoms with E-state index in [2.05, 4.69) is 10.4 Å². The topological polar surface area (TPSA) is 50.2 Å². The van der Waals surface area contributed by atoms with Gasteiger partial charge in [0.1, 0.15) is 5.69 Å². The molecule has 5 nitrogen and oxygen atoms in total. The van der Waals surface area contributed by atoms with E-state index < -0.39 is 0 Å². The van der Waals surface area contributed by atoms with E-state index in [1.807, 2.05) is 45.0 Å². The van der Waals surface area contributed by atoms with Crippen molar-refractivity contribution in [2.75, 3.05) is 24.3 Å². The van der Waals surface area contributed by atoms with Gasteiger partial charge in [-0.2, -0.15) is 5.10 Å². The molecule has 0 aliphatic heterocycles. The first-order valence-corrected chi connectivity index (χ1v) is 7.13. The fraction of sp³-hybridized carbons (Fsp3) is 0.333.